The third kappa shape index (κ3) is 1.20. The van der Waals surface area contributed by atoms with Crippen LogP contribution in [0.3, 0.4) is 0 Å². The van der Waals surface area contributed by atoms with Crippen LogP contribution >= 0.6 is 0 Å². The molecule has 64 valence electrons. The van der Waals surface area contributed by atoms with Crippen molar-refractivity contribution in [1.29, 1.82) is 0 Å². The molecule has 2 rings (SSSR count). The summed E-state index contributed by atoms with van der Waals surface area (Å²) in [5, 5.41) is 9.50. The molecule has 2 bridgehead atoms. The lowest BCUT2D eigenvalue weighted by Gasteiger charge is -2.32. The molecule has 0 radical (unpaired) electrons. The average molecular weight is 154 g/mol. The number of aliphatic hydroxyl groups is 1. The standard InChI is InChI=1S/C10H18O/c1-2-10-7-3-4-8(10)6-9(11)5-7/h7-11H,2-6H2,1H3. The monoisotopic (exact) mass is 154 g/mol. The normalized spacial score (nSPS) is 49.6. The molecule has 0 aromatic carbocycles. The quantitative estimate of drug-likeness (QED) is 0.614. The molecule has 1 heteroatoms. The molecule has 2 aliphatic carbocycles. The molecule has 2 atom stereocenters. The first-order chi connectivity index (χ1) is 5.31. The highest BCUT2D eigenvalue weighted by atomic mass is 16.3. The van der Waals surface area contributed by atoms with E-state index in [0.717, 1.165) is 30.6 Å². The Kier molecular flexibility index (Phi) is 1.92. The first-order valence-electron chi connectivity index (χ1n) is 4.99. The van der Waals surface area contributed by atoms with Crippen LogP contribution in [0.5, 0.6) is 0 Å². The van der Waals surface area contributed by atoms with Crippen molar-refractivity contribution in [2.45, 2.75) is 45.1 Å². The van der Waals surface area contributed by atoms with Gasteiger partial charge in [0.1, 0.15) is 0 Å². The van der Waals surface area contributed by atoms with Crippen molar-refractivity contribution in [1.82, 2.24) is 0 Å². The molecule has 0 aromatic heterocycles. The zero-order chi connectivity index (χ0) is 7.84. The summed E-state index contributed by atoms with van der Waals surface area (Å²) in [6.45, 7) is 2.30. The largest absolute Gasteiger partial charge is 0.393 e. The number of hydrogen-bond donors (Lipinski definition) is 1. The van der Waals surface area contributed by atoms with Gasteiger partial charge < -0.3 is 5.11 Å². The SMILES string of the molecule is CCC1C2CCC1CC(O)C2. The summed E-state index contributed by atoms with van der Waals surface area (Å²) in [7, 11) is 0. The topological polar surface area (TPSA) is 20.2 Å². The van der Waals surface area contributed by atoms with Crippen LogP contribution in [-0.2, 0) is 0 Å². The molecular formula is C10H18O. The van der Waals surface area contributed by atoms with Gasteiger partial charge >= 0.3 is 0 Å². The summed E-state index contributed by atoms with van der Waals surface area (Å²) in [6, 6.07) is 0. The second kappa shape index (κ2) is 2.78. The third-order valence-electron chi connectivity index (χ3n) is 3.74. The van der Waals surface area contributed by atoms with E-state index >= 15 is 0 Å². The summed E-state index contributed by atoms with van der Waals surface area (Å²) in [5.41, 5.74) is 0. The fourth-order valence-electron chi connectivity index (χ4n) is 3.29. The van der Waals surface area contributed by atoms with E-state index in [-0.39, 0.29) is 6.10 Å². The van der Waals surface area contributed by atoms with Crippen molar-refractivity contribution in [2.75, 3.05) is 0 Å². The van der Waals surface area contributed by atoms with Crippen molar-refractivity contribution >= 4 is 0 Å². The zero-order valence-electron chi connectivity index (χ0n) is 7.29. The number of rotatable bonds is 1. The van der Waals surface area contributed by atoms with Gasteiger partial charge in [-0.25, -0.2) is 0 Å². The van der Waals surface area contributed by atoms with E-state index in [9.17, 15) is 5.11 Å². The van der Waals surface area contributed by atoms with Crippen molar-refractivity contribution in [3.05, 3.63) is 0 Å². The molecule has 2 fully saturated rings. The predicted octanol–water partition coefficient (Wildman–Crippen LogP) is 2.19. The van der Waals surface area contributed by atoms with E-state index in [1.54, 1.807) is 0 Å². The van der Waals surface area contributed by atoms with Crippen LogP contribution < -0.4 is 0 Å². The molecule has 2 aliphatic rings. The van der Waals surface area contributed by atoms with E-state index in [1.807, 2.05) is 0 Å². The zero-order valence-corrected chi connectivity index (χ0v) is 7.29. The smallest absolute Gasteiger partial charge is 0.0545 e. The van der Waals surface area contributed by atoms with Crippen LogP contribution in [0.1, 0.15) is 39.0 Å². The van der Waals surface area contributed by atoms with E-state index in [0.29, 0.717) is 0 Å². The Labute approximate surface area is 68.8 Å². The second-order valence-corrected chi connectivity index (χ2v) is 4.29. The summed E-state index contributed by atoms with van der Waals surface area (Å²) < 4.78 is 0. The van der Waals surface area contributed by atoms with Crippen LogP contribution in [-0.4, -0.2) is 11.2 Å². The summed E-state index contributed by atoms with van der Waals surface area (Å²) in [6.07, 6.45) is 6.34. The molecule has 0 saturated heterocycles. The van der Waals surface area contributed by atoms with Gasteiger partial charge in [-0.3, -0.25) is 0 Å². The van der Waals surface area contributed by atoms with Crippen LogP contribution in [0.4, 0.5) is 0 Å². The van der Waals surface area contributed by atoms with Gasteiger partial charge in [0.2, 0.25) is 0 Å². The van der Waals surface area contributed by atoms with Crippen molar-refractivity contribution < 1.29 is 5.11 Å². The molecule has 1 N–H and O–H groups in total. The second-order valence-electron chi connectivity index (χ2n) is 4.29. The Morgan fingerprint density at radius 1 is 1.18 bits per heavy atom. The highest BCUT2D eigenvalue weighted by molar-refractivity contribution is 4.91. The molecule has 0 amide bonds. The Morgan fingerprint density at radius 2 is 1.73 bits per heavy atom. The highest BCUT2D eigenvalue weighted by Crippen LogP contribution is 2.48. The van der Waals surface area contributed by atoms with E-state index in [1.165, 1.54) is 19.3 Å². The van der Waals surface area contributed by atoms with Crippen LogP contribution in [0, 0.1) is 17.8 Å². The van der Waals surface area contributed by atoms with Gasteiger partial charge in [0.25, 0.3) is 0 Å². The maximum atomic E-state index is 9.50. The number of fused-ring (bicyclic) bond motifs is 2. The molecule has 11 heavy (non-hydrogen) atoms. The van der Waals surface area contributed by atoms with Crippen molar-refractivity contribution in [2.24, 2.45) is 17.8 Å². The summed E-state index contributed by atoms with van der Waals surface area (Å²) in [4.78, 5) is 0. The number of aliphatic hydroxyl groups excluding tert-OH is 1. The number of hydrogen-bond acceptors (Lipinski definition) is 1. The van der Waals surface area contributed by atoms with Gasteiger partial charge in [-0.05, 0) is 43.4 Å². The first-order valence-corrected chi connectivity index (χ1v) is 4.99. The molecule has 0 heterocycles. The molecule has 2 saturated carbocycles. The minimum atomic E-state index is 0.0373. The third-order valence-corrected chi connectivity index (χ3v) is 3.74. The molecular weight excluding hydrogens is 136 g/mol. The van der Waals surface area contributed by atoms with Gasteiger partial charge in [-0.2, -0.15) is 0 Å². The van der Waals surface area contributed by atoms with E-state index < -0.39 is 0 Å². The van der Waals surface area contributed by atoms with Gasteiger partial charge in [-0.15, -0.1) is 0 Å². The van der Waals surface area contributed by atoms with Gasteiger partial charge in [0, 0.05) is 0 Å². The Balaban J connectivity index is 2.06. The van der Waals surface area contributed by atoms with E-state index in [4.69, 9.17) is 0 Å². The molecule has 2 unspecified atom stereocenters. The highest BCUT2D eigenvalue weighted by Gasteiger charge is 2.40. The predicted molar refractivity (Wildman–Crippen MR) is 45.2 cm³/mol. The first kappa shape index (κ1) is 7.60. The van der Waals surface area contributed by atoms with Gasteiger partial charge in [0.05, 0.1) is 6.10 Å². The van der Waals surface area contributed by atoms with Crippen LogP contribution in [0.15, 0.2) is 0 Å². The van der Waals surface area contributed by atoms with Crippen molar-refractivity contribution in [3.63, 3.8) is 0 Å². The fourth-order valence-corrected chi connectivity index (χ4v) is 3.29. The Hall–Kier alpha value is -0.0400. The molecule has 0 aliphatic heterocycles. The summed E-state index contributed by atoms with van der Waals surface area (Å²) in [5.74, 6) is 2.70. The minimum Gasteiger partial charge on any atom is -0.393 e. The van der Waals surface area contributed by atoms with Crippen molar-refractivity contribution in [3.8, 4) is 0 Å². The summed E-state index contributed by atoms with van der Waals surface area (Å²) >= 11 is 0. The lowest BCUT2D eigenvalue weighted by molar-refractivity contribution is 0.0600. The van der Waals surface area contributed by atoms with Gasteiger partial charge in [-0.1, -0.05) is 13.3 Å². The molecule has 0 aromatic rings. The van der Waals surface area contributed by atoms with Crippen LogP contribution in [0.25, 0.3) is 0 Å². The maximum Gasteiger partial charge on any atom is 0.0545 e. The lowest BCUT2D eigenvalue weighted by Crippen LogP contribution is -2.28. The lowest BCUT2D eigenvalue weighted by atomic mass is 9.76. The Morgan fingerprint density at radius 3 is 2.18 bits per heavy atom. The molecule has 1 nitrogen and oxygen atoms in total. The Bertz CT molecular complexity index is 130. The molecule has 0 spiro atoms. The average Bonchev–Trinajstić information content (AvgIpc) is 2.23. The minimum absolute atomic E-state index is 0.0373. The van der Waals surface area contributed by atoms with E-state index in [2.05, 4.69) is 6.92 Å². The maximum absolute atomic E-state index is 9.50. The van der Waals surface area contributed by atoms with Crippen LogP contribution in [0.2, 0.25) is 0 Å². The fraction of sp³-hybridized carbons (Fsp3) is 1.00. The van der Waals surface area contributed by atoms with Gasteiger partial charge in [0.15, 0.2) is 0 Å².